The summed E-state index contributed by atoms with van der Waals surface area (Å²) in [4.78, 5) is 29.1. The summed E-state index contributed by atoms with van der Waals surface area (Å²) in [5, 5.41) is 2.58. The number of nitrogens with zero attached hydrogens (tertiary/aromatic N) is 2. The van der Waals surface area contributed by atoms with E-state index in [1.165, 1.54) is 31.3 Å². The molecule has 0 spiro atoms. The molecule has 0 aromatic heterocycles. The number of unbranched alkanes of at least 4 members (excludes halogenated alkanes) is 1. The molecular weight excluding hydrogens is 400 g/mol. The van der Waals surface area contributed by atoms with E-state index in [9.17, 15) is 9.59 Å². The molecule has 32 heavy (non-hydrogen) atoms. The first-order chi connectivity index (χ1) is 15.0. The normalized spacial score (nSPS) is 15.4. The molecule has 2 aliphatic rings. The Hall–Kier alpha value is -1.95. The smallest absolute Gasteiger partial charge is 0.267 e. The van der Waals surface area contributed by atoms with Crippen LogP contribution < -0.4 is 11.1 Å². The quantitative estimate of drug-likeness (QED) is 0.548. The first kappa shape index (κ1) is 30.0. The summed E-state index contributed by atoms with van der Waals surface area (Å²) in [6.07, 6.45) is 10.7. The predicted molar refractivity (Wildman–Crippen MR) is 137 cm³/mol. The summed E-state index contributed by atoms with van der Waals surface area (Å²) in [5.74, 6) is -0.278. The van der Waals surface area contributed by atoms with Crippen LogP contribution in [0.4, 0.5) is 0 Å². The van der Waals surface area contributed by atoms with Crippen molar-refractivity contribution >= 4 is 17.5 Å². The van der Waals surface area contributed by atoms with Crippen LogP contribution in [-0.2, 0) is 9.59 Å². The van der Waals surface area contributed by atoms with Gasteiger partial charge >= 0.3 is 0 Å². The lowest BCUT2D eigenvalue weighted by Crippen LogP contribution is -2.24. The zero-order chi connectivity index (χ0) is 24.7. The fourth-order valence-electron chi connectivity index (χ4n) is 3.42. The third-order valence-electron chi connectivity index (χ3n) is 4.93. The predicted octanol–water partition coefficient (Wildman–Crippen LogP) is 5.00. The van der Waals surface area contributed by atoms with Gasteiger partial charge in [0.25, 0.3) is 5.91 Å². The van der Waals surface area contributed by atoms with E-state index >= 15 is 0 Å². The van der Waals surface area contributed by atoms with E-state index in [2.05, 4.69) is 49.1 Å². The van der Waals surface area contributed by atoms with Crippen LogP contribution in [-0.4, -0.2) is 49.6 Å². The molecule has 0 fully saturated rings. The van der Waals surface area contributed by atoms with Crippen molar-refractivity contribution in [3.05, 3.63) is 22.9 Å². The molecule has 0 aromatic rings. The molecule has 2 rings (SSSR count). The second-order valence-electron chi connectivity index (χ2n) is 9.88. The number of hydrogen-bond donors (Lipinski definition) is 2. The molecule has 1 heterocycles. The van der Waals surface area contributed by atoms with Gasteiger partial charge in [-0.1, -0.05) is 60.5 Å². The van der Waals surface area contributed by atoms with E-state index in [0.717, 1.165) is 43.6 Å². The lowest BCUT2D eigenvalue weighted by atomic mass is 9.92. The van der Waals surface area contributed by atoms with E-state index in [-0.39, 0.29) is 11.3 Å². The Bertz CT molecular complexity index is 684. The van der Waals surface area contributed by atoms with Crippen LogP contribution in [0.5, 0.6) is 0 Å². The molecule has 1 aliphatic heterocycles. The third kappa shape index (κ3) is 12.8. The average molecular weight is 449 g/mol. The number of amides is 2. The van der Waals surface area contributed by atoms with E-state index < -0.39 is 5.91 Å². The molecular formula is C26H48N4O2. The van der Waals surface area contributed by atoms with E-state index in [1.807, 2.05) is 20.8 Å². The molecule has 0 saturated heterocycles. The van der Waals surface area contributed by atoms with Gasteiger partial charge in [0.15, 0.2) is 0 Å². The van der Waals surface area contributed by atoms with Crippen molar-refractivity contribution < 1.29 is 9.59 Å². The summed E-state index contributed by atoms with van der Waals surface area (Å²) in [6, 6.07) is 0. The first-order valence-electron chi connectivity index (χ1n) is 12.2. The van der Waals surface area contributed by atoms with Gasteiger partial charge in [-0.15, -0.1) is 0 Å². The SMILES string of the molecule is CCC.CCCCN(C)CC1=C(C(N)=O)N=C(C2=CCCC2)C1.CNC(=O)CC(C)(C)C. The fraction of sp³-hybridized carbons (Fsp3) is 0.731. The number of likely N-dealkylation sites (N-methyl/N-ethyl adjacent to an activating group) is 1. The highest BCUT2D eigenvalue weighted by atomic mass is 16.2. The summed E-state index contributed by atoms with van der Waals surface area (Å²) in [7, 11) is 3.75. The Morgan fingerprint density at radius 2 is 1.84 bits per heavy atom. The van der Waals surface area contributed by atoms with Crippen molar-refractivity contribution in [3.63, 3.8) is 0 Å². The summed E-state index contributed by atoms with van der Waals surface area (Å²) >= 11 is 0. The molecule has 0 aromatic carbocycles. The van der Waals surface area contributed by atoms with E-state index in [0.29, 0.717) is 12.1 Å². The number of carbonyl (C=O) groups is 2. The summed E-state index contributed by atoms with van der Waals surface area (Å²) in [5.41, 5.74) is 9.55. The standard InChI is InChI=1S/C16H25N3O.C7H15NO.C3H8/c1-3-4-9-19(2)11-13-10-14(12-7-5-6-8-12)18-15(13)16(17)20;1-7(2,3)5-6(9)8-4;1-3-2/h7H,3-6,8-11H2,1-2H3,(H2,17,20);5H2,1-4H3,(H,8,9);3H2,1-2H3. The average Bonchev–Trinajstić information content (AvgIpc) is 3.36. The monoisotopic (exact) mass is 448 g/mol. The molecule has 0 atom stereocenters. The highest BCUT2D eigenvalue weighted by Crippen LogP contribution is 2.29. The molecule has 2 amide bonds. The third-order valence-corrected chi connectivity index (χ3v) is 4.93. The number of primary amides is 1. The Morgan fingerprint density at radius 1 is 1.22 bits per heavy atom. The van der Waals surface area contributed by atoms with Crippen LogP contribution >= 0.6 is 0 Å². The minimum atomic E-state index is -0.391. The molecule has 0 radical (unpaired) electrons. The number of nitrogens with one attached hydrogen (secondary N) is 1. The van der Waals surface area contributed by atoms with Gasteiger partial charge in [-0.2, -0.15) is 0 Å². The second-order valence-corrected chi connectivity index (χ2v) is 9.88. The van der Waals surface area contributed by atoms with Gasteiger partial charge in [-0.05, 0) is 55.8 Å². The number of nitrogens with two attached hydrogens (primary N) is 1. The number of hydrogen-bond acceptors (Lipinski definition) is 4. The van der Waals surface area contributed by atoms with Crippen molar-refractivity contribution in [2.45, 2.75) is 92.9 Å². The van der Waals surface area contributed by atoms with Gasteiger partial charge < -0.3 is 16.0 Å². The lowest BCUT2D eigenvalue weighted by molar-refractivity contribution is -0.122. The van der Waals surface area contributed by atoms with Gasteiger partial charge in [0, 0.05) is 32.1 Å². The zero-order valence-corrected chi connectivity index (χ0v) is 21.9. The van der Waals surface area contributed by atoms with Crippen molar-refractivity contribution in [2.75, 3.05) is 27.2 Å². The van der Waals surface area contributed by atoms with E-state index in [4.69, 9.17) is 5.73 Å². The first-order valence-corrected chi connectivity index (χ1v) is 12.2. The molecule has 3 N–H and O–H groups in total. The maximum Gasteiger partial charge on any atom is 0.267 e. The Labute approximate surface area is 196 Å². The number of rotatable bonds is 8. The lowest BCUT2D eigenvalue weighted by Gasteiger charge is -2.17. The summed E-state index contributed by atoms with van der Waals surface area (Å²) < 4.78 is 0. The zero-order valence-electron chi connectivity index (χ0n) is 21.9. The van der Waals surface area contributed by atoms with Crippen molar-refractivity contribution in [1.82, 2.24) is 10.2 Å². The highest BCUT2D eigenvalue weighted by molar-refractivity contribution is 6.09. The topological polar surface area (TPSA) is 87.8 Å². The van der Waals surface area contributed by atoms with Crippen LogP contribution in [0.25, 0.3) is 0 Å². The number of carbonyl (C=O) groups excluding carboxylic acids is 2. The second kappa shape index (κ2) is 15.8. The highest BCUT2D eigenvalue weighted by Gasteiger charge is 2.25. The van der Waals surface area contributed by atoms with Gasteiger partial charge in [0.05, 0.1) is 0 Å². The summed E-state index contributed by atoms with van der Waals surface area (Å²) in [6.45, 7) is 14.4. The number of allylic oxidation sites excluding steroid dienone is 2. The maximum atomic E-state index is 11.6. The molecule has 0 saturated carbocycles. The largest absolute Gasteiger partial charge is 0.364 e. The van der Waals surface area contributed by atoms with Crippen LogP contribution in [0.1, 0.15) is 92.9 Å². The van der Waals surface area contributed by atoms with Crippen LogP contribution in [0.15, 0.2) is 27.9 Å². The van der Waals surface area contributed by atoms with Gasteiger partial charge in [-0.3, -0.25) is 9.59 Å². The molecule has 0 bridgehead atoms. The Balaban J connectivity index is 0.000000672. The molecule has 6 nitrogen and oxygen atoms in total. The molecule has 184 valence electrons. The molecule has 0 unspecified atom stereocenters. The minimum Gasteiger partial charge on any atom is -0.364 e. The van der Waals surface area contributed by atoms with Crippen LogP contribution in [0, 0.1) is 5.41 Å². The molecule has 6 heteroatoms. The molecule has 1 aliphatic carbocycles. The van der Waals surface area contributed by atoms with Crippen molar-refractivity contribution in [3.8, 4) is 0 Å². The van der Waals surface area contributed by atoms with Crippen LogP contribution in [0.2, 0.25) is 0 Å². The fourth-order valence-corrected chi connectivity index (χ4v) is 3.42. The van der Waals surface area contributed by atoms with Crippen LogP contribution in [0.3, 0.4) is 0 Å². The van der Waals surface area contributed by atoms with Gasteiger partial charge in [-0.25, -0.2) is 4.99 Å². The Morgan fingerprint density at radius 3 is 2.25 bits per heavy atom. The van der Waals surface area contributed by atoms with E-state index in [1.54, 1.807) is 7.05 Å². The van der Waals surface area contributed by atoms with Gasteiger partial charge in [0.1, 0.15) is 5.70 Å². The van der Waals surface area contributed by atoms with Crippen molar-refractivity contribution in [1.29, 1.82) is 0 Å². The maximum absolute atomic E-state index is 11.6. The van der Waals surface area contributed by atoms with Gasteiger partial charge in [0.2, 0.25) is 5.91 Å². The minimum absolute atomic E-state index is 0.111. The number of aliphatic imine (C=N–C) groups is 1. The Kier molecular flexibility index (Phi) is 14.8. The van der Waals surface area contributed by atoms with Crippen molar-refractivity contribution in [2.24, 2.45) is 16.1 Å².